The van der Waals surface area contributed by atoms with Crippen LogP contribution in [0.3, 0.4) is 0 Å². The highest BCUT2D eigenvalue weighted by Gasteiger charge is 2.34. The second kappa shape index (κ2) is 5.30. The average molecular weight is 361 g/mol. The van der Waals surface area contributed by atoms with Gasteiger partial charge < -0.3 is 14.8 Å². The fourth-order valence-corrected chi connectivity index (χ4v) is 3.68. The molecule has 134 valence electrons. The smallest absolute Gasteiger partial charge is 0.200 e. The highest BCUT2D eigenvalue weighted by molar-refractivity contribution is 5.97. The molecule has 0 spiro atoms. The molecule has 27 heavy (non-hydrogen) atoms. The molecular weight excluding hydrogens is 345 g/mol. The average Bonchev–Trinajstić information content (AvgIpc) is 3.28. The topological polar surface area (TPSA) is 70.0 Å². The van der Waals surface area contributed by atoms with E-state index in [9.17, 15) is 9.50 Å². The van der Waals surface area contributed by atoms with E-state index in [1.54, 1.807) is 12.3 Å². The lowest BCUT2D eigenvalue weighted by atomic mass is 9.96. The Morgan fingerprint density at radius 1 is 1.15 bits per heavy atom. The molecule has 2 aromatic carbocycles. The van der Waals surface area contributed by atoms with Crippen LogP contribution in [0.4, 0.5) is 10.1 Å². The van der Waals surface area contributed by atoms with Crippen molar-refractivity contribution in [3.63, 3.8) is 0 Å². The zero-order chi connectivity index (χ0) is 18.8. The molecule has 0 atom stereocenters. The molecule has 6 heteroatoms. The zero-order valence-corrected chi connectivity index (χ0v) is 14.7. The molecule has 0 saturated heterocycles. The van der Waals surface area contributed by atoms with E-state index in [-0.39, 0.29) is 11.7 Å². The first-order valence-corrected chi connectivity index (χ1v) is 8.59. The number of halogens is 1. The lowest BCUT2D eigenvalue weighted by Crippen LogP contribution is -2.25. The van der Waals surface area contributed by atoms with Crippen LogP contribution in [0, 0.1) is 5.82 Å². The summed E-state index contributed by atoms with van der Waals surface area (Å²) in [7, 11) is 0. The minimum absolute atomic E-state index is 0.0451. The monoisotopic (exact) mass is 361 g/mol. The van der Waals surface area contributed by atoms with Crippen LogP contribution in [0.1, 0.15) is 19.4 Å². The first kappa shape index (κ1) is 15.8. The number of aromatic nitrogens is 1. The molecule has 0 fully saturated rings. The summed E-state index contributed by atoms with van der Waals surface area (Å²) in [5.74, 6) is 0.128. The van der Waals surface area contributed by atoms with E-state index in [2.05, 4.69) is 15.2 Å². The number of nitrogens with zero attached hydrogens (tertiary/aromatic N) is 2. The largest absolute Gasteiger partial charge is 0.494 e. The minimum atomic E-state index is -0.598. The van der Waals surface area contributed by atoms with Gasteiger partial charge in [0, 0.05) is 16.2 Å². The summed E-state index contributed by atoms with van der Waals surface area (Å²) in [6.45, 7) is 3.94. The summed E-state index contributed by atoms with van der Waals surface area (Å²) in [6, 6.07) is 10.3. The number of benzene rings is 2. The third-order valence-corrected chi connectivity index (χ3v) is 4.98. The molecule has 0 bridgehead atoms. The lowest BCUT2D eigenvalue weighted by Gasteiger charge is -2.22. The number of hydrogen-bond acceptors (Lipinski definition) is 4. The van der Waals surface area contributed by atoms with Crippen molar-refractivity contribution in [3.8, 4) is 5.88 Å². The Labute approximate surface area is 153 Å². The Hall–Kier alpha value is -3.41. The van der Waals surface area contributed by atoms with Crippen LogP contribution in [0.25, 0.3) is 28.4 Å². The highest BCUT2D eigenvalue weighted by atomic mass is 19.1. The Morgan fingerprint density at radius 3 is 2.85 bits per heavy atom. The van der Waals surface area contributed by atoms with E-state index >= 15 is 0 Å². The molecule has 3 aromatic rings. The number of fused-ring (bicyclic) bond motifs is 2. The van der Waals surface area contributed by atoms with Crippen molar-refractivity contribution < 1.29 is 14.2 Å². The third kappa shape index (κ3) is 2.37. The maximum Gasteiger partial charge on any atom is 0.200 e. The number of H-pyrrole nitrogens is 1. The first-order valence-electron chi connectivity index (χ1n) is 8.59. The molecule has 5 nitrogen and oxygen atoms in total. The maximum atomic E-state index is 13.5. The molecule has 0 aliphatic carbocycles. The molecule has 1 aromatic heterocycles. The van der Waals surface area contributed by atoms with Crippen LogP contribution < -0.4 is 10.4 Å². The summed E-state index contributed by atoms with van der Waals surface area (Å²) in [6.07, 6.45) is 3.65. The van der Waals surface area contributed by atoms with Gasteiger partial charge in [0.25, 0.3) is 0 Å². The first-order chi connectivity index (χ1) is 12.9. The van der Waals surface area contributed by atoms with Crippen LogP contribution in [0.15, 0.2) is 52.7 Å². The minimum Gasteiger partial charge on any atom is -0.494 e. The molecule has 0 saturated carbocycles. The van der Waals surface area contributed by atoms with E-state index in [1.807, 2.05) is 38.1 Å². The Kier molecular flexibility index (Phi) is 3.10. The van der Waals surface area contributed by atoms with Gasteiger partial charge in [-0.1, -0.05) is 12.1 Å². The Morgan fingerprint density at radius 2 is 2.00 bits per heavy atom. The van der Waals surface area contributed by atoms with Crippen LogP contribution in [0.5, 0.6) is 5.88 Å². The second-order valence-electron chi connectivity index (χ2n) is 7.19. The third-order valence-electron chi connectivity index (χ3n) is 4.98. The van der Waals surface area contributed by atoms with Crippen LogP contribution in [-0.4, -0.2) is 15.7 Å². The van der Waals surface area contributed by atoms with Gasteiger partial charge in [-0.15, -0.1) is 0 Å². The lowest BCUT2D eigenvalue weighted by molar-refractivity contribution is 0.149. The van der Waals surface area contributed by atoms with Gasteiger partial charge in [0.05, 0.1) is 23.0 Å². The molecule has 3 heterocycles. The van der Waals surface area contributed by atoms with E-state index in [0.29, 0.717) is 22.2 Å². The molecule has 0 amide bonds. The van der Waals surface area contributed by atoms with Gasteiger partial charge in [-0.2, -0.15) is 10.2 Å². The van der Waals surface area contributed by atoms with Crippen molar-refractivity contribution in [2.24, 2.45) is 10.2 Å². The molecule has 2 N–H and O–H groups in total. The summed E-state index contributed by atoms with van der Waals surface area (Å²) in [5, 5.41) is 21.1. The predicted octanol–water partition coefficient (Wildman–Crippen LogP) is 3.85. The number of hydrogen-bond donors (Lipinski definition) is 2. The van der Waals surface area contributed by atoms with Crippen molar-refractivity contribution in [1.82, 2.24) is 4.98 Å². The molecule has 2 aliphatic rings. The molecular formula is C21H16FN3O2. The van der Waals surface area contributed by atoms with Crippen LogP contribution in [0.2, 0.25) is 0 Å². The number of aromatic amines is 1. The summed E-state index contributed by atoms with van der Waals surface area (Å²) in [5.41, 5.74) is 2.24. The van der Waals surface area contributed by atoms with Crippen molar-refractivity contribution in [2.75, 3.05) is 0 Å². The van der Waals surface area contributed by atoms with Gasteiger partial charge >= 0.3 is 0 Å². The van der Waals surface area contributed by atoms with Gasteiger partial charge in [-0.05, 0) is 49.4 Å². The van der Waals surface area contributed by atoms with Crippen LogP contribution >= 0.6 is 0 Å². The summed E-state index contributed by atoms with van der Waals surface area (Å²) in [4.78, 5) is 2.81. The van der Waals surface area contributed by atoms with Crippen molar-refractivity contribution in [1.29, 1.82) is 0 Å². The van der Waals surface area contributed by atoms with Crippen molar-refractivity contribution in [3.05, 3.63) is 64.3 Å². The predicted molar refractivity (Wildman–Crippen MR) is 101 cm³/mol. The summed E-state index contributed by atoms with van der Waals surface area (Å²) < 4.78 is 19.7. The molecule has 2 aliphatic heterocycles. The number of azo groups is 1. The Balaban J connectivity index is 1.73. The SMILES string of the molecule is CC1(C)OC(c2c(O)[nH]c3cc(F)ccc23)=CC1=c1ccc2c(c1)N=NC=2. The van der Waals surface area contributed by atoms with Crippen LogP contribution in [-0.2, 0) is 4.74 Å². The summed E-state index contributed by atoms with van der Waals surface area (Å²) >= 11 is 0. The number of nitrogens with one attached hydrogen (secondary N) is 1. The zero-order valence-electron chi connectivity index (χ0n) is 14.7. The quantitative estimate of drug-likeness (QED) is 0.691. The standard InChI is InChI=1S/C21H16FN3O2/c1-21(2)15(11-3-4-12-10-23-25-16(12)7-11)9-18(27-21)19-14-6-5-13(22)8-17(14)24-20(19)26/h3-10,24,26H,1-2H3. The molecule has 0 radical (unpaired) electrons. The van der Waals surface area contributed by atoms with E-state index in [1.165, 1.54) is 12.1 Å². The van der Waals surface area contributed by atoms with Gasteiger partial charge in [0.2, 0.25) is 5.88 Å². The normalized spacial score (nSPS) is 19.0. The van der Waals surface area contributed by atoms with Gasteiger partial charge in [0.15, 0.2) is 0 Å². The number of aromatic hydroxyl groups is 1. The molecule has 5 rings (SSSR count). The fourth-order valence-electron chi connectivity index (χ4n) is 3.68. The van der Waals surface area contributed by atoms with Gasteiger partial charge in [0.1, 0.15) is 17.2 Å². The van der Waals surface area contributed by atoms with E-state index in [0.717, 1.165) is 21.7 Å². The maximum absolute atomic E-state index is 13.5. The highest BCUT2D eigenvalue weighted by Crippen LogP contribution is 2.43. The number of rotatable bonds is 1. The molecule has 0 unspecified atom stereocenters. The van der Waals surface area contributed by atoms with E-state index in [4.69, 9.17) is 4.74 Å². The Bertz CT molecular complexity index is 1300. The number of ether oxygens (including phenoxy) is 1. The second-order valence-corrected chi connectivity index (χ2v) is 7.19. The van der Waals surface area contributed by atoms with Gasteiger partial charge in [-0.25, -0.2) is 4.39 Å². The fraction of sp³-hybridized carbons (Fsp3) is 0.143. The van der Waals surface area contributed by atoms with Gasteiger partial charge in [-0.3, -0.25) is 0 Å². The van der Waals surface area contributed by atoms with Crippen molar-refractivity contribution >= 4 is 34.1 Å². The van der Waals surface area contributed by atoms with E-state index < -0.39 is 5.60 Å². The van der Waals surface area contributed by atoms with Crippen molar-refractivity contribution in [2.45, 2.75) is 19.4 Å².